The van der Waals surface area contributed by atoms with Gasteiger partial charge in [0.05, 0.1) is 0 Å². The quantitative estimate of drug-likeness (QED) is 0.646. The van der Waals surface area contributed by atoms with Gasteiger partial charge >= 0.3 is 0 Å². The normalized spacial score (nSPS) is 10.1. The molecule has 0 radical (unpaired) electrons. The first-order valence-corrected chi connectivity index (χ1v) is 4.76. The second-order valence-electron chi connectivity index (χ2n) is 3.41. The van der Waals surface area contributed by atoms with E-state index < -0.39 is 0 Å². The van der Waals surface area contributed by atoms with Crippen LogP contribution in [0.2, 0.25) is 0 Å². The monoisotopic (exact) mass is 176 g/mol. The number of ketones is 1. The highest BCUT2D eigenvalue weighted by molar-refractivity contribution is 5.95. The van der Waals surface area contributed by atoms with Crippen LogP contribution in [0.15, 0.2) is 18.2 Å². The summed E-state index contributed by atoms with van der Waals surface area (Å²) in [6.45, 7) is 5.84. The van der Waals surface area contributed by atoms with Crippen molar-refractivity contribution in [1.82, 2.24) is 0 Å². The van der Waals surface area contributed by atoms with Crippen LogP contribution in [0, 0.1) is 6.92 Å². The van der Waals surface area contributed by atoms with Gasteiger partial charge in [0.25, 0.3) is 0 Å². The van der Waals surface area contributed by atoms with Crippen LogP contribution in [0.1, 0.15) is 41.8 Å². The molecule has 0 saturated heterocycles. The van der Waals surface area contributed by atoms with Crippen LogP contribution in [-0.2, 0) is 6.42 Å². The van der Waals surface area contributed by atoms with E-state index in [0.29, 0.717) is 0 Å². The molecule has 0 N–H and O–H groups in total. The molecule has 0 aliphatic rings. The number of carbonyl (C=O) groups excluding carboxylic acids is 1. The van der Waals surface area contributed by atoms with Gasteiger partial charge < -0.3 is 0 Å². The predicted molar refractivity (Wildman–Crippen MR) is 55.2 cm³/mol. The first-order chi connectivity index (χ1) is 6.16. The number of Topliss-reactive ketones (excluding diaryl/α,β-unsaturated/α-hetero) is 1. The van der Waals surface area contributed by atoms with Gasteiger partial charge in [0.15, 0.2) is 5.78 Å². The molecule has 0 spiro atoms. The van der Waals surface area contributed by atoms with Crippen molar-refractivity contribution < 1.29 is 4.79 Å². The lowest BCUT2D eigenvalue weighted by molar-refractivity contribution is 0.101. The first-order valence-electron chi connectivity index (χ1n) is 4.76. The van der Waals surface area contributed by atoms with Gasteiger partial charge in [0.2, 0.25) is 0 Å². The topological polar surface area (TPSA) is 17.1 Å². The SMILES string of the molecule is CCCc1c(C)cccc1C(C)=O. The van der Waals surface area contributed by atoms with Crippen molar-refractivity contribution in [2.45, 2.75) is 33.6 Å². The molecule has 0 aliphatic heterocycles. The van der Waals surface area contributed by atoms with Gasteiger partial charge in [-0.15, -0.1) is 0 Å². The molecule has 0 heterocycles. The molecule has 0 aliphatic carbocycles. The molecular formula is C12H16O. The zero-order chi connectivity index (χ0) is 9.84. The lowest BCUT2D eigenvalue weighted by Crippen LogP contribution is -2.01. The molecular weight excluding hydrogens is 160 g/mol. The van der Waals surface area contributed by atoms with Crippen molar-refractivity contribution >= 4 is 5.78 Å². The van der Waals surface area contributed by atoms with E-state index in [1.807, 2.05) is 12.1 Å². The van der Waals surface area contributed by atoms with Gasteiger partial charge in [-0.05, 0) is 31.4 Å². The van der Waals surface area contributed by atoms with E-state index >= 15 is 0 Å². The Bertz CT molecular complexity index is 313. The highest BCUT2D eigenvalue weighted by Crippen LogP contribution is 2.16. The smallest absolute Gasteiger partial charge is 0.160 e. The average molecular weight is 176 g/mol. The summed E-state index contributed by atoms with van der Waals surface area (Å²) in [5.74, 6) is 0.173. The van der Waals surface area contributed by atoms with E-state index in [9.17, 15) is 4.79 Å². The lowest BCUT2D eigenvalue weighted by Gasteiger charge is -2.08. The van der Waals surface area contributed by atoms with Crippen molar-refractivity contribution in [1.29, 1.82) is 0 Å². The number of hydrogen-bond donors (Lipinski definition) is 0. The number of rotatable bonds is 3. The minimum absolute atomic E-state index is 0.173. The molecule has 0 atom stereocenters. The Morgan fingerprint density at radius 2 is 2.08 bits per heavy atom. The van der Waals surface area contributed by atoms with E-state index in [1.54, 1.807) is 6.92 Å². The highest BCUT2D eigenvalue weighted by atomic mass is 16.1. The molecule has 1 aromatic rings. The van der Waals surface area contributed by atoms with Crippen LogP contribution >= 0.6 is 0 Å². The minimum atomic E-state index is 0.173. The predicted octanol–water partition coefficient (Wildman–Crippen LogP) is 3.15. The average Bonchev–Trinajstić information content (AvgIpc) is 2.08. The Morgan fingerprint density at radius 3 is 2.62 bits per heavy atom. The second-order valence-corrected chi connectivity index (χ2v) is 3.41. The molecule has 1 heteroatoms. The van der Waals surface area contributed by atoms with Crippen LogP contribution in [0.3, 0.4) is 0 Å². The number of aryl methyl sites for hydroxylation is 1. The molecule has 0 unspecified atom stereocenters. The van der Waals surface area contributed by atoms with Crippen LogP contribution in [0.25, 0.3) is 0 Å². The molecule has 0 aromatic heterocycles. The molecule has 70 valence electrons. The fourth-order valence-corrected chi connectivity index (χ4v) is 1.61. The zero-order valence-corrected chi connectivity index (χ0v) is 8.55. The summed E-state index contributed by atoms with van der Waals surface area (Å²) in [5, 5.41) is 0. The molecule has 0 amide bonds. The van der Waals surface area contributed by atoms with Crippen molar-refractivity contribution in [3.05, 3.63) is 34.9 Å². The number of hydrogen-bond acceptors (Lipinski definition) is 1. The summed E-state index contributed by atoms with van der Waals surface area (Å²) in [5.41, 5.74) is 3.34. The zero-order valence-electron chi connectivity index (χ0n) is 8.55. The van der Waals surface area contributed by atoms with Crippen molar-refractivity contribution in [2.75, 3.05) is 0 Å². The molecule has 1 nitrogen and oxygen atoms in total. The molecule has 0 fully saturated rings. The summed E-state index contributed by atoms with van der Waals surface area (Å²) in [6, 6.07) is 5.93. The van der Waals surface area contributed by atoms with E-state index in [0.717, 1.165) is 18.4 Å². The minimum Gasteiger partial charge on any atom is -0.295 e. The van der Waals surface area contributed by atoms with Gasteiger partial charge in [-0.1, -0.05) is 31.5 Å². The third-order valence-corrected chi connectivity index (χ3v) is 2.29. The van der Waals surface area contributed by atoms with E-state index in [4.69, 9.17) is 0 Å². The summed E-state index contributed by atoms with van der Waals surface area (Å²) in [4.78, 5) is 11.3. The Morgan fingerprint density at radius 1 is 1.38 bits per heavy atom. The van der Waals surface area contributed by atoms with Crippen molar-refractivity contribution in [2.24, 2.45) is 0 Å². The third kappa shape index (κ3) is 2.18. The van der Waals surface area contributed by atoms with E-state index in [-0.39, 0.29) is 5.78 Å². The lowest BCUT2D eigenvalue weighted by atomic mass is 9.96. The fraction of sp³-hybridized carbons (Fsp3) is 0.417. The van der Waals surface area contributed by atoms with Crippen LogP contribution in [-0.4, -0.2) is 5.78 Å². The van der Waals surface area contributed by atoms with Crippen molar-refractivity contribution in [3.8, 4) is 0 Å². The largest absolute Gasteiger partial charge is 0.295 e. The standard InChI is InChI=1S/C12H16O/c1-4-6-11-9(2)7-5-8-12(11)10(3)13/h5,7-8H,4,6H2,1-3H3. The second kappa shape index (κ2) is 4.22. The van der Waals surface area contributed by atoms with Crippen LogP contribution in [0.4, 0.5) is 0 Å². The van der Waals surface area contributed by atoms with Gasteiger partial charge in [0, 0.05) is 5.56 Å². The van der Waals surface area contributed by atoms with Crippen LogP contribution in [0.5, 0.6) is 0 Å². The Balaban J connectivity index is 3.17. The van der Waals surface area contributed by atoms with Gasteiger partial charge in [0.1, 0.15) is 0 Å². The fourth-order valence-electron chi connectivity index (χ4n) is 1.61. The third-order valence-electron chi connectivity index (χ3n) is 2.29. The summed E-state index contributed by atoms with van der Waals surface area (Å²) in [6.07, 6.45) is 2.09. The van der Waals surface area contributed by atoms with Crippen molar-refractivity contribution in [3.63, 3.8) is 0 Å². The summed E-state index contributed by atoms with van der Waals surface area (Å²) in [7, 11) is 0. The maximum Gasteiger partial charge on any atom is 0.160 e. The maximum absolute atomic E-state index is 11.3. The summed E-state index contributed by atoms with van der Waals surface area (Å²) < 4.78 is 0. The Kier molecular flexibility index (Phi) is 3.24. The Hall–Kier alpha value is -1.11. The summed E-state index contributed by atoms with van der Waals surface area (Å²) >= 11 is 0. The number of benzene rings is 1. The molecule has 1 aromatic carbocycles. The highest BCUT2D eigenvalue weighted by Gasteiger charge is 2.07. The number of carbonyl (C=O) groups is 1. The molecule has 1 rings (SSSR count). The van der Waals surface area contributed by atoms with Crippen LogP contribution < -0.4 is 0 Å². The van der Waals surface area contributed by atoms with Gasteiger partial charge in [-0.25, -0.2) is 0 Å². The molecule has 0 saturated carbocycles. The van der Waals surface area contributed by atoms with Gasteiger partial charge in [-0.3, -0.25) is 4.79 Å². The molecule has 13 heavy (non-hydrogen) atoms. The van der Waals surface area contributed by atoms with Gasteiger partial charge in [-0.2, -0.15) is 0 Å². The molecule has 0 bridgehead atoms. The maximum atomic E-state index is 11.3. The Labute approximate surface area is 79.8 Å². The van der Waals surface area contributed by atoms with E-state index in [2.05, 4.69) is 19.9 Å². The first kappa shape index (κ1) is 9.97. The van der Waals surface area contributed by atoms with E-state index in [1.165, 1.54) is 11.1 Å².